The van der Waals surface area contributed by atoms with Crippen molar-refractivity contribution in [3.8, 4) is 0 Å². The van der Waals surface area contributed by atoms with E-state index in [9.17, 15) is 23.1 Å². The topological polar surface area (TPSA) is 165 Å². The van der Waals surface area contributed by atoms with Crippen LogP contribution in [-0.4, -0.2) is 46.8 Å². The highest BCUT2D eigenvalue weighted by Crippen LogP contribution is 2.22. The first kappa shape index (κ1) is 20.1. The van der Waals surface area contributed by atoms with Crippen LogP contribution < -0.4 is 16.0 Å². The highest BCUT2D eigenvalue weighted by Gasteiger charge is 2.19. The molecule has 1 aromatic carbocycles. The number of benzene rings is 1. The number of thiophene rings is 1. The first-order valence-electron chi connectivity index (χ1n) is 7.90. The van der Waals surface area contributed by atoms with Gasteiger partial charge in [0.25, 0.3) is 11.5 Å². The molecule has 0 spiro atoms. The molecule has 0 bridgehead atoms. The Labute approximate surface area is 162 Å². The lowest BCUT2D eigenvalue weighted by Gasteiger charge is -2.10. The van der Waals surface area contributed by atoms with Crippen LogP contribution in [0.4, 0.5) is 5.69 Å². The van der Waals surface area contributed by atoms with Gasteiger partial charge in [-0.1, -0.05) is 0 Å². The summed E-state index contributed by atoms with van der Waals surface area (Å²) in [7, 11) is -3.84. The SMILES string of the molecule is NS(=O)(=O)c1ccc(NC(=O)c2csc3ncn(CC(O)CO)c(=O)c23)cc1. The molecule has 28 heavy (non-hydrogen) atoms. The molecule has 1 unspecified atom stereocenters. The van der Waals surface area contributed by atoms with E-state index in [0.717, 1.165) is 15.9 Å². The molecule has 0 radical (unpaired) electrons. The summed E-state index contributed by atoms with van der Waals surface area (Å²) in [6.45, 7) is -0.680. The van der Waals surface area contributed by atoms with Crippen molar-refractivity contribution >= 4 is 43.2 Å². The van der Waals surface area contributed by atoms with Gasteiger partial charge in [-0.05, 0) is 24.3 Å². The number of aliphatic hydroxyl groups excluding tert-OH is 2. The van der Waals surface area contributed by atoms with Gasteiger partial charge in [0.2, 0.25) is 10.0 Å². The highest BCUT2D eigenvalue weighted by molar-refractivity contribution is 7.89. The maximum Gasteiger partial charge on any atom is 0.262 e. The number of amides is 1. The van der Waals surface area contributed by atoms with Crippen molar-refractivity contribution in [1.29, 1.82) is 0 Å². The molecule has 0 fully saturated rings. The minimum atomic E-state index is -3.84. The molecule has 0 saturated carbocycles. The first-order valence-corrected chi connectivity index (χ1v) is 10.3. The van der Waals surface area contributed by atoms with E-state index in [1.165, 1.54) is 36.0 Å². The predicted octanol–water partition coefficient (Wildman–Crippen LogP) is -0.289. The summed E-state index contributed by atoms with van der Waals surface area (Å²) in [6, 6.07) is 5.25. The van der Waals surface area contributed by atoms with Gasteiger partial charge in [0.1, 0.15) is 4.83 Å². The fourth-order valence-corrected chi connectivity index (χ4v) is 3.87. The molecule has 0 saturated heterocycles. The van der Waals surface area contributed by atoms with Crippen LogP contribution in [-0.2, 0) is 16.6 Å². The maximum atomic E-state index is 12.7. The number of rotatable bonds is 6. The Morgan fingerprint density at radius 1 is 1.32 bits per heavy atom. The summed E-state index contributed by atoms with van der Waals surface area (Å²) in [5.41, 5.74) is -0.106. The zero-order valence-electron chi connectivity index (χ0n) is 14.3. The van der Waals surface area contributed by atoms with E-state index >= 15 is 0 Å². The fraction of sp³-hybridized carbons (Fsp3) is 0.188. The van der Waals surface area contributed by atoms with E-state index in [-0.39, 0.29) is 22.4 Å². The number of sulfonamides is 1. The van der Waals surface area contributed by atoms with Crippen molar-refractivity contribution in [2.45, 2.75) is 17.5 Å². The zero-order chi connectivity index (χ0) is 20.5. The van der Waals surface area contributed by atoms with E-state index in [4.69, 9.17) is 10.2 Å². The molecule has 3 aromatic rings. The number of carbonyl (C=O) groups excluding carboxylic acids is 1. The molecule has 148 valence electrons. The number of carbonyl (C=O) groups is 1. The lowest BCUT2D eigenvalue weighted by molar-refractivity contribution is 0.0803. The monoisotopic (exact) mass is 424 g/mol. The van der Waals surface area contributed by atoms with Gasteiger partial charge in [-0.3, -0.25) is 14.2 Å². The molecule has 3 rings (SSSR count). The smallest absolute Gasteiger partial charge is 0.262 e. The van der Waals surface area contributed by atoms with Gasteiger partial charge in [-0.15, -0.1) is 11.3 Å². The van der Waals surface area contributed by atoms with Crippen LogP contribution in [0, 0.1) is 0 Å². The summed E-state index contributed by atoms with van der Waals surface area (Å²) in [5, 5.41) is 27.7. The molecule has 2 aromatic heterocycles. The van der Waals surface area contributed by atoms with Gasteiger partial charge in [-0.25, -0.2) is 18.5 Å². The molecule has 2 heterocycles. The van der Waals surface area contributed by atoms with Gasteiger partial charge in [0.15, 0.2) is 0 Å². The number of hydrogen-bond acceptors (Lipinski definition) is 8. The van der Waals surface area contributed by atoms with Crippen molar-refractivity contribution in [2.75, 3.05) is 11.9 Å². The lowest BCUT2D eigenvalue weighted by Crippen LogP contribution is -2.29. The summed E-state index contributed by atoms with van der Waals surface area (Å²) in [5.74, 6) is -0.575. The van der Waals surface area contributed by atoms with Crippen molar-refractivity contribution < 1.29 is 23.4 Å². The number of nitrogens with one attached hydrogen (secondary N) is 1. The van der Waals surface area contributed by atoms with Crippen LogP contribution >= 0.6 is 11.3 Å². The second kappa shape index (κ2) is 7.77. The molecule has 1 atom stereocenters. The van der Waals surface area contributed by atoms with Crippen molar-refractivity contribution in [3.63, 3.8) is 0 Å². The standard InChI is InChI=1S/C16H16N4O6S2/c17-28(25,26)11-3-1-9(2-4-11)19-14(23)12-7-27-15-13(12)16(24)20(8-18-15)5-10(22)6-21/h1-4,7-8,10,21-22H,5-6H2,(H,19,23)(H2,17,25,26). The van der Waals surface area contributed by atoms with Crippen LogP contribution in [0.2, 0.25) is 0 Å². The van der Waals surface area contributed by atoms with Crippen LogP contribution in [0.3, 0.4) is 0 Å². The van der Waals surface area contributed by atoms with E-state index in [1.807, 2.05) is 0 Å². The van der Waals surface area contributed by atoms with Crippen LogP contribution in [0.15, 0.2) is 45.7 Å². The minimum Gasteiger partial charge on any atom is -0.394 e. The molecule has 0 aliphatic carbocycles. The Bertz CT molecular complexity index is 1180. The van der Waals surface area contributed by atoms with E-state index in [0.29, 0.717) is 10.5 Å². The summed E-state index contributed by atoms with van der Waals surface area (Å²) in [4.78, 5) is 29.6. The van der Waals surface area contributed by atoms with Gasteiger partial charge in [-0.2, -0.15) is 0 Å². The number of aliphatic hydroxyl groups is 2. The van der Waals surface area contributed by atoms with Crippen LogP contribution in [0.25, 0.3) is 10.2 Å². The average molecular weight is 424 g/mol. The first-order chi connectivity index (χ1) is 13.2. The third kappa shape index (κ3) is 4.10. The summed E-state index contributed by atoms with van der Waals surface area (Å²) in [6.07, 6.45) is 0.110. The van der Waals surface area contributed by atoms with Gasteiger partial charge in [0, 0.05) is 11.1 Å². The summed E-state index contributed by atoms with van der Waals surface area (Å²) >= 11 is 1.11. The van der Waals surface area contributed by atoms with Crippen molar-refractivity contribution in [1.82, 2.24) is 9.55 Å². The number of nitrogens with zero attached hydrogens (tertiary/aromatic N) is 2. The van der Waals surface area contributed by atoms with E-state index in [1.54, 1.807) is 0 Å². The molecular weight excluding hydrogens is 408 g/mol. The number of nitrogens with two attached hydrogens (primary N) is 1. The highest BCUT2D eigenvalue weighted by atomic mass is 32.2. The Balaban J connectivity index is 1.91. The molecule has 0 aliphatic heterocycles. The van der Waals surface area contributed by atoms with Crippen LogP contribution in [0.1, 0.15) is 10.4 Å². The Morgan fingerprint density at radius 3 is 2.61 bits per heavy atom. The largest absolute Gasteiger partial charge is 0.394 e. The van der Waals surface area contributed by atoms with E-state index < -0.39 is 34.2 Å². The Hall–Kier alpha value is -2.64. The zero-order valence-corrected chi connectivity index (χ0v) is 15.9. The second-order valence-electron chi connectivity index (χ2n) is 5.89. The number of fused-ring (bicyclic) bond motifs is 1. The molecular formula is C16H16N4O6S2. The molecule has 5 N–H and O–H groups in total. The van der Waals surface area contributed by atoms with Gasteiger partial charge < -0.3 is 15.5 Å². The maximum absolute atomic E-state index is 12.7. The fourth-order valence-electron chi connectivity index (χ4n) is 2.48. The van der Waals surface area contributed by atoms with Crippen molar-refractivity contribution in [2.24, 2.45) is 5.14 Å². The number of primary sulfonamides is 1. The number of anilines is 1. The third-order valence-electron chi connectivity index (χ3n) is 3.86. The van der Waals surface area contributed by atoms with E-state index in [2.05, 4.69) is 10.3 Å². The lowest BCUT2D eigenvalue weighted by atomic mass is 10.2. The Kier molecular flexibility index (Phi) is 5.58. The molecule has 10 nitrogen and oxygen atoms in total. The predicted molar refractivity (Wildman–Crippen MR) is 103 cm³/mol. The number of aromatic nitrogens is 2. The second-order valence-corrected chi connectivity index (χ2v) is 8.31. The average Bonchev–Trinajstić information content (AvgIpc) is 3.08. The molecule has 0 aliphatic rings. The van der Waals surface area contributed by atoms with Crippen LogP contribution in [0.5, 0.6) is 0 Å². The van der Waals surface area contributed by atoms with Gasteiger partial charge in [0.05, 0.1) is 41.4 Å². The molecule has 1 amide bonds. The van der Waals surface area contributed by atoms with Crippen molar-refractivity contribution in [3.05, 3.63) is 51.9 Å². The Morgan fingerprint density at radius 2 is 2.00 bits per heavy atom. The number of hydrogen-bond donors (Lipinski definition) is 4. The van der Waals surface area contributed by atoms with Gasteiger partial charge >= 0.3 is 0 Å². The third-order valence-corrected chi connectivity index (χ3v) is 5.68. The minimum absolute atomic E-state index is 0.0938. The molecule has 12 heteroatoms. The quantitative estimate of drug-likeness (QED) is 0.422. The normalized spacial score (nSPS) is 12.8. The summed E-state index contributed by atoms with van der Waals surface area (Å²) < 4.78 is 23.7.